The molecule has 6 heteroatoms. The molecule has 1 saturated heterocycles. The third kappa shape index (κ3) is 4.55. The van der Waals surface area contributed by atoms with Crippen LogP contribution in [-0.2, 0) is 11.3 Å². The van der Waals surface area contributed by atoms with Crippen molar-refractivity contribution < 1.29 is 14.6 Å². The summed E-state index contributed by atoms with van der Waals surface area (Å²) < 4.78 is 5.38. The summed E-state index contributed by atoms with van der Waals surface area (Å²) in [6, 6.07) is 15.4. The molecule has 0 aromatic heterocycles. The minimum Gasteiger partial charge on any atom is -0.491 e. The Hall–Kier alpha value is -2.08. The fraction of sp³-hybridized carbons (Fsp3) is 0.350. The van der Waals surface area contributed by atoms with Gasteiger partial charge in [0.05, 0.1) is 13.2 Å². The van der Waals surface area contributed by atoms with Crippen LogP contribution in [0.4, 0.5) is 5.69 Å². The number of piperazine rings is 1. The lowest BCUT2D eigenvalue weighted by atomic mass is 10.1. The first-order valence-corrected chi connectivity index (χ1v) is 9.07. The van der Waals surface area contributed by atoms with Gasteiger partial charge in [-0.05, 0) is 42.8 Å². The van der Waals surface area contributed by atoms with Gasteiger partial charge in [0.25, 0.3) is 0 Å². The Morgan fingerprint density at radius 2 is 2.00 bits per heavy atom. The Kier molecular flexibility index (Phi) is 6.14. The highest BCUT2D eigenvalue weighted by Gasteiger charge is 2.30. The molecule has 2 aromatic rings. The number of rotatable bonds is 6. The third-order valence-electron chi connectivity index (χ3n) is 4.50. The monoisotopic (exact) mass is 374 g/mol. The van der Waals surface area contributed by atoms with Crippen LogP contribution in [0.15, 0.2) is 48.5 Å². The number of nitrogens with zero attached hydrogens (tertiary/aromatic N) is 2. The van der Waals surface area contributed by atoms with E-state index >= 15 is 0 Å². The van der Waals surface area contributed by atoms with Crippen LogP contribution in [-0.4, -0.2) is 48.3 Å². The van der Waals surface area contributed by atoms with Crippen molar-refractivity contribution in [3.8, 4) is 5.75 Å². The maximum absolute atomic E-state index is 12.6. The van der Waals surface area contributed by atoms with Crippen LogP contribution in [0, 0.1) is 0 Å². The average molecular weight is 375 g/mol. The van der Waals surface area contributed by atoms with Crippen LogP contribution in [0.25, 0.3) is 0 Å². The Morgan fingerprint density at radius 3 is 2.69 bits per heavy atom. The second-order valence-electron chi connectivity index (χ2n) is 6.45. The fourth-order valence-electron chi connectivity index (χ4n) is 3.09. The van der Waals surface area contributed by atoms with E-state index in [-0.39, 0.29) is 25.2 Å². The van der Waals surface area contributed by atoms with Gasteiger partial charge in [0, 0.05) is 29.8 Å². The Morgan fingerprint density at radius 1 is 1.23 bits per heavy atom. The number of anilines is 1. The number of halogens is 1. The molecule has 1 atom stereocenters. The summed E-state index contributed by atoms with van der Waals surface area (Å²) in [4.78, 5) is 16.6. The van der Waals surface area contributed by atoms with E-state index in [0.29, 0.717) is 24.7 Å². The number of aliphatic hydroxyl groups is 1. The van der Waals surface area contributed by atoms with E-state index in [1.54, 1.807) is 4.90 Å². The van der Waals surface area contributed by atoms with E-state index in [9.17, 15) is 4.79 Å². The molecule has 0 aliphatic carbocycles. The minimum atomic E-state index is -0.00170. The number of ether oxygens (including phenoxy) is 1. The highest BCUT2D eigenvalue weighted by molar-refractivity contribution is 6.30. The predicted octanol–water partition coefficient (Wildman–Crippen LogP) is 2.95. The number of aliphatic hydroxyl groups excluding tert-OH is 1. The Labute approximate surface area is 158 Å². The van der Waals surface area contributed by atoms with Crippen molar-refractivity contribution in [2.24, 2.45) is 0 Å². The van der Waals surface area contributed by atoms with Crippen molar-refractivity contribution in [1.29, 1.82) is 0 Å². The lowest BCUT2D eigenvalue weighted by Crippen LogP contribution is -2.54. The number of amides is 1. The van der Waals surface area contributed by atoms with Crippen molar-refractivity contribution in [2.75, 3.05) is 31.2 Å². The van der Waals surface area contributed by atoms with Crippen molar-refractivity contribution in [3.63, 3.8) is 0 Å². The highest BCUT2D eigenvalue weighted by atomic mass is 35.5. The molecule has 1 aliphatic rings. The first kappa shape index (κ1) is 18.7. The second-order valence-corrected chi connectivity index (χ2v) is 6.89. The molecule has 1 fully saturated rings. The molecule has 0 bridgehead atoms. The van der Waals surface area contributed by atoms with Crippen molar-refractivity contribution in [1.82, 2.24) is 4.90 Å². The fourth-order valence-corrected chi connectivity index (χ4v) is 3.28. The van der Waals surface area contributed by atoms with E-state index in [2.05, 4.69) is 11.8 Å². The van der Waals surface area contributed by atoms with Gasteiger partial charge in [-0.2, -0.15) is 0 Å². The quantitative estimate of drug-likeness (QED) is 0.844. The van der Waals surface area contributed by atoms with Gasteiger partial charge < -0.3 is 14.7 Å². The van der Waals surface area contributed by atoms with Crippen LogP contribution in [0.5, 0.6) is 5.75 Å². The SMILES string of the molecule is C[C@@H]1CN(c2cccc(Cl)c2)C(=O)CN1Cc1ccc(OCCO)cc1. The smallest absolute Gasteiger partial charge is 0.241 e. The minimum absolute atomic E-state index is 0.00170. The molecule has 2 aromatic carbocycles. The van der Waals surface area contributed by atoms with Crippen LogP contribution >= 0.6 is 11.6 Å². The van der Waals surface area contributed by atoms with E-state index in [1.807, 2.05) is 48.5 Å². The largest absolute Gasteiger partial charge is 0.491 e. The third-order valence-corrected chi connectivity index (χ3v) is 4.73. The number of hydrogen-bond acceptors (Lipinski definition) is 4. The molecule has 26 heavy (non-hydrogen) atoms. The van der Waals surface area contributed by atoms with Crippen LogP contribution in [0.3, 0.4) is 0 Å². The van der Waals surface area contributed by atoms with Crippen molar-refractivity contribution >= 4 is 23.2 Å². The summed E-state index contributed by atoms with van der Waals surface area (Å²) in [6.07, 6.45) is 0. The first-order chi connectivity index (χ1) is 12.6. The van der Waals surface area contributed by atoms with E-state index in [1.165, 1.54) is 0 Å². The molecule has 1 heterocycles. The molecule has 1 aliphatic heterocycles. The molecule has 138 valence electrons. The molecular formula is C20H23ClN2O3. The Bertz CT molecular complexity index is 751. The Balaban J connectivity index is 1.63. The maximum Gasteiger partial charge on any atom is 0.241 e. The number of hydrogen-bond donors (Lipinski definition) is 1. The summed E-state index contributed by atoms with van der Waals surface area (Å²) in [5, 5.41) is 9.43. The average Bonchev–Trinajstić information content (AvgIpc) is 2.64. The molecule has 0 saturated carbocycles. The zero-order valence-electron chi connectivity index (χ0n) is 14.8. The van der Waals surface area contributed by atoms with E-state index in [4.69, 9.17) is 21.4 Å². The van der Waals surface area contributed by atoms with Gasteiger partial charge >= 0.3 is 0 Å². The van der Waals surface area contributed by atoms with Crippen LogP contribution < -0.4 is 9.64 Å². The van der Waals surface area contributed by atoms with Gasteiger partial charge in [0.15, 0.2) is 0 Å². The summed E-state index contributed by atoms with van der Waals surface area (Å²) in [5.74, 6) is 0.811. The van der Waals surface area contributed by atoms with Gasteiger partial charge in [-0.3, -0.25) is 9.69 Å². The van der Waals surface area contributed by atoms with Crippen molar-refractivity contribution in [2.45, 2.75) is 19.5 Å². The number of carbonyl (C=O) groups is 1. The zero-order valence-corrected chi connectivity index (χ0v) is 15.5. The van der Waals surface area contributed by atoms with Gasteiger partial charge in [-0.1, -0.05) is 29.8 Å². The standard InChI is InChI=1S/C20H23ClN2O3/c1-15-12-23(18-4-2-3-17(21)11-18)20(25)14-22(15)13-16-5-7-19(8-6-16)26-10-9-24/h2-8,11,15,24H,9-10,12-14H2,1H3/t15-/m1/s1. The van der Waals surface area contributed by atoms with E-state index < -0.39 is 0 Å². The van der Waals surface area contributed by atoms with Crippen LogP contribution in [0.1, 0.15) is 12.5 Å². The lowest BCUT2D eigenvalue weighted by Gasteiger charge is -2.39. The molecule has 1 N–H and O–H groups in total. The van der Waals surface area contributed by atoms with Crippen LogP contribution in [0.2, 0.25) is 5.02 Å². The summed E-state index contributed by atoms with van der Waals surface area (Å²) >= 11 is 6.06. The molecule has 0 radical (unpaired) electrons. The summed E-state index contributed by atoms with van der Waals surface area (Å²) in [5.41, 5.74) is 1.97. The van der Waals surface area contributed by atoms with Gasteiger partial charge in [0.2, 0.25) is 5.91 Å². The highest BCUT2D eigenvalue weighted by Crippen LogP contribution is 2.24. The summed E-state index contributed by atoms with van der Waals surface area (Å²) in [7, 11) is 0. The van der Waals surface area contributed by atoms with Gasteiger partial charge in [0.1, 0.15) is 12.4 Å². The zero-order chi connectivity index (χ0) is 18.5. The lowest BCUT2D eigenvalue weighted by molar-refractivity contribution is -0.122. The second kappa shape index (κ2) is 8.54. The molecule has 3 rings (SSSR count). The number of carbonyl (C=O) groups excluding carboxylic acids is 1. The molecular weight excluding hydrogens is 352 g/mol. The molecule has 0 unspecified atom stereocenters. The molecule has 1 amide bonds. The summed E-state index contributed by atoms with van der Waals surface area (Å²) in [6.45, 7) is 4.13. The predicted molar refractivity (Wildman–Crippen MR) is 103 cm³/mol. The van der Waals surface area contributed by atoms with Crippen molar-refractivity contribution in [3.05, 3.63) is 59.1 Å². The number of benzene rings is 2. The maximum atomic E-state index is 12.6. The van der Waals surface area contributed by atoms with E-state index in [0.717, 1.165) is 17.0 Å². The first-order valence-electron chi connectivity index (χ1n) is 8.69. The van der Waals surface area contributed by atoms with Gasteiger partial charge in [-0.25, -0.2) is 0 Å². The molecule has 5 nitrogen and oxygen atoms in total. The van der Waals surface area contributed by atoms with Gasteiger partial charge in [-0.15, -0.1) is 0 Å². The topological polar surface area (TPSA) is 53.0 Å². The normalized spacial score (nSPS) is 18.2. The molecule has 0 spiro atoms.